The topological polar surface area (TPSA) is 90.8 Å². The van der Waals surface area contributed by atoms with E-state index in [0.717, 1.165) is 27.5 Å². The van der Waals surface area contributed by atoms with Crippen LogP contribution < -0.4 is 15.0 Å². The first-order valence-electron chi connectivity index (χ1n) is 12.4. The molecule has 0 spiro atoms. The minimum atomic E-state index is -0.632. The molecule has 2 aromatic carbocycles. The number of anilines is 2. The van der Waals surface area contributed by atoms with E-state index >= 15 is 0 Å². The second-order valence-electron chi connectivity index (χ2n) is 9.11. The van der Waals surface area contributed by atoms with Crippen LogP contribution in [0.5, 0.6) is 5.75 Å². The zero-order valence-corrected chi connectivity index (χ0v) is 20.6. The van der Waals surface area contributed by atoms with E-state index < -0.39 is 6.10 Å². The van der Waals surface area contributed by atoms with Crippen LogP contribution in [0, 0.1) is 0 Å². The minimum absolute atomic E-state index is 0.0207. The highest BCUT2D eigenvalue weighted by Crippen LogP contribution is 2.29. The molecule has 5 rings (SSSR count). The van der Waals surface area contributed by atoms with Crippen molar-refractivity contribution in [3.63, 3.8) is 0 Å². The second-order valence-corrected chi connectivity index (χ2v) is 9.11. The fourth-order valence-corrected chi connectivity index (χ4v) is 4.82. The molecule has 0 radical (unpaired) electrons. The SMILES string of the molecule is CC(Oc1cccc2nc(NCCO)ccc12)C(=O)N1CCN(c2nccc3ccccc23)CC1C. The predicted octanol–water partition coefficient (Wildman–Crippen LogP) is 3.69. The standard InChI is InChI=1S/C28H31N5O3/c1-19-18-32(27-22-7-4-3-6-21(22)12-13-30-27)15-16-33(19)28(35)20(2)36-25-9-5-8-24-23(25)10-11-26(31-24)29-14-17-34/h3-13,19-20,34H,14-18H2,1-2H3,(H,29,31). The summed E-state index contributed by atoms with van der Waals surface area (Å²) < 4.78 is 6.16. The van der Waals surface area contributed by atoms with Gasteiger partial charge < -0.3 is 25.0 Å². The summed E-state index contributed by atoms with van der Waals surface area (Å²) in [7, 11) is 0. The number of hydrogen-bond acceptors (Lipinski definition) is 7. The summed E-state index contributed by atoms with van der Waals surface area (Å²) >= 11 is 0. The smallest absolute Gasteiger partial charge is 0.263 e. The molecule has 0 aliphatic carbocycles. The number of fused-ring (bicyclic) bond motifs is 2. The van der Waals surface area contributed by atoms with E-state index in [1.54, 1.807) is 6.92 Å². The highest BCUT2D eigenvalue weighted by Gasteiger charge is 2.32. The van der Waals surface area contributed by atoms with Gasteiger partial charge in [0.15, 0.2) is 6.10 Å². The molecule has 1 fully saturated rings. The monoisotopic (exact) mass is 485 g/mol. The van der Waals surface area contributed by atoms with Crippen LogP contribution in [0.3, 0.4) is 0 Å². The van der Waals surface area contributed by atoms with Crippen LogP contribution in [0.25, 0.3) is 21.7 Å². The summed E-state index contributed by atoms with van der Waals surface area (Å²) in [6.45, 7) is 6.38. The first-order chi connectivity index (χ1) is 17.5. The van der Waals surface area contributed by atoms with E-state index in [1.807, 2.05) is 59.6 Å². The Bertz CT molecular complexity index is 1370. The quantitative estimate of drug-likeness (QED) is 0.413. The molecular formula is C28H31N5O3. The number of hydrogen-bond donors (Lipinski definition) is 2. The number of carbonyl (C=O) groups excluding carboxylic acids is 1. The first-order valence-corrected chi connectivity index (χ1v) is 12.4. The van der Waals surface area contributed by atoms with Gasteiger partial charge in [0, 0.05) is 49.2 Å². The van der Waals surface area contributed by atoms with Crippen LogP contribution in [-0.2, 0) is 4.79 Å². The number of nitrogens with one attached hydrogen (secondary N) is 1. The normalized spacial score (nSPS) is 16.8. The van der Waals surface area contributed by atoms with E-state index in [9.17, 15) is 4.79 Å². The first kappa shape index (κ1) is 23.8. The average Bonchev–Trinajstić information content (AvgIpc) is 2.91. The second kappa shape index (κ2) is 10.4. The Morgan fingerprint density at radius 3 is 2.81 bits per heavy atom. The number of ether oxygens (including phenoxy) is 1. The van der Waals surface area contributed by atoms with Gasteiger partial charge in [0.1, 0.15) is 17.4 Å². The number of rotatable bonds is 7. The highest BCUT2D eigenvalue weighted by molar-refractivity contribution is 5.92. The Morgan fingerprint density at radius 1 is 1.11 bits per heavy atom. The lowest BCUT2D eigenvalue weighted by atomic mass is 10.1. The van der Waals surface area contributed by atoms with Gasteiger partial charge in [0.2, 0.25) is 0 Å². The molecule has 8 nitrogen and oxygen atoms in total. The number of aliphatic hydroxyl groups excluding tert-OH is 1. The van der Waals surface area contributed by atoms with Crippen LogP contribution in [-0.4, -0.2) is 70.8 Å². The Morgan fingerprint density at radius 2 is 1.97 bits per heavy atom. The Hall–Kier alpha value is -3.91. The number of nitrogens with zero attached hydrogens (tertiary/aromatic N) is 4. The third kappa shape index (κ3) is 4.77. The van der Waals surface area contributed by atoms with E-state index in [-0.39, 0.29) is 18.6 Å². The van der Waals surface area contributed by atoms with Crippen molar-refractivity contribution in [2.45, 2.75) is 26.0 Å². The Balaban J connectivity index is 1.27. The maximum Gasteiger partial charge on any atom is 0.263 e. The number of pyridine rings is 2. The van der Waals surface area contributed by atoms with Crippen LogP contribution >= 0.6 is 0 Å². The van der Waals surface area contributed by atoms with Crippen molar-refractivity contribution in [3.8, 4) is 5.75 Å². The lowest BCUT2D eigenvalue weighted by Gasteiger charge is -2.41. The van der Waals surface area contributed by atoms with Crippen LogP contribution in [0.4, 0.5) is 11.6 Å². The molecule has 186 valence electrons. The van der Waals surface area contributed by atoms with Crippen molar-refractivity contribution >= 4 is 39.2 Å². The van der Waals surface area contributed by atoms with Crippen molar-refractivity contribution in [2.75, 3.05) is 43.0 Å². The van der Waals surface area contributed by atoms with Gasteiger partial charge in [-0.15, -0.1) is 0 Å². The summed E-state index contributed by atoms with van der Waals surface area (Å²) in [5.74, 6) is 2.25. The summed E-state index contributed by atoms with van der Waals surface area (Å²) in [4.78, 5) is 26.8. The molecule has 0 saturated carbocycles. The summed E-state index contributed by atoms with van der Waals surface area (Å²) in [6.07, 6.45) is 1.22. The third-order valence-corrected chi connectivity index (χ3v) is 6.62. The number of aromatic nitrogens is 2. The van der Waals surface area contributed by atoms with Crippen molar-refractivity contribution in [2.24, 2.45) is 0 Å². The van der Waals surface area contributed by atoms with Gasteiger partial charge in [-0.05, 0) is 49.6 Å². The zero-order valence-electron chi connectivity index (χ0n) is 20.6. The summed E-state index contributed by atoms with van der Waals surface area (Å²) in [6, 6.07) is 19.7. The van der Waals surface area contributed by atoms with Gasteiger partial charge in [-0.1, -0.05) is 30.3 Å². The number of piperazine rings is 1. The van der Waals surface area contributed by atoms with Crippen LogP contribution in [0.15, 0.2) is 66.9 Å². The van der Waals surface area contributed by atoms with E-state index in [1.165, 1.54) is 0 Å². The van der Waals surface area contributed by atoms with Crippen molar-refractivity contribution in [1.29, 1.82) is 0 Å². The lowest BCUT2D eigenvalue weighted by Crippen LogP contribution is -2.56. The largest absolute Gasteiger partial charge is 0.480 e. The van der Waals surface area contributed by atoms with Gasteiger partial charge >= 0.3 is 0 Å². The highest BCUT2D eigenvalue weighted by atomic mass is 16.5. The molecule has 4 aromatic rings. The molecule has 1 amide bonds. The van der Waals surface area contributed by atoms with Crippen LogP contribution in [0.2, 0.25) is 0 Å². The maximum atomic E-state index is 13.4. The third-order valence-electron chi connectivity index (χ3n) is 6.62. The average molecular weight is 486 g/mol. The molecular weight excluding hydrogens is 454 g/mol. The van der Waals surface area contributed by atoms with Crippen LogP contribution in [0.1, 0.15) is 13.8 Å². The molecule has 3 heterocycles. The number of benzene rings is 2. The summed E-state index contributed by atoms with van der Waals surface area (Å²) in [5.41, 5.74) is 0.764. The molecule has 1 aliphatic heterocycles. The van der Waals surface area contributed by atoms with Crippen molar-refractivity contribution < 1.29 is 14.6 Å². The van der Waals surface area contributed by atoms with Gasteiger partial charge in [0.25, 0.3) is 5.91 Å². The fraction of sp³-hybridized carbons (Fsp3) is 0.321. The van der Waals surface area contributed by atoms with Gasteiger partial charge in [-0.3, -0.25) is 4.79 Å². The Labute approximate surface area is 210 Å². The number of aliphatic hydroxyl groups is 1. The fourth-order valence-electron chi connectivity index (χ4n) is 4.82. The molecule has 1 saturated heterocycles. The Kier molecular flexibility index (Phi) is 6.86. The molecule has 0 bridgehead atoms. The zero-order chi connectivity index (χ0) is 25.1. The molecule has 2 atom stereocenters. The van der Waals surface area contributed by atoms with E-state index in [4.69, 9.17) is 9.84 Å². The predicted molar refractivity (Wildman–Crippen MR) is 143 cm³/mol. The number of amides is 1. The number of carbonyl (C=O) groups is 1. The van der Waals surface area contributed by atoms with E-state index in [2.05, 4.69) is 39.2 Å². The van der Waals surface area contributed by atoms with Gasteiger partial charge in [0.05, 0.1) is 12.1 Å². The van der Waals surface area contributed by atoms with E-state index in [0.29, 0.717) is 37.7 Å². The molecule has 36 heavy (non-hydrogen) atoms. The molecule has 2 unspecified atom stereocenters. The molecule has 2 aromatic heterocycles. The van der Waals surface area contributed by atoms with Crippen molar-refractivity contribution in [1.82, 2.24) is 14.9 Å². The lowest BCUT2D eigenvalue weighted by molar-refractivity contribution is -0.140. The molecule has 8 heteroatoms. The van der Waals surface area contributed by atoms with Gasteiger partial charge in [-0.2, -0.15) is 0 Å². The molecule has 2 N–H and O–H groups in total. The summed E-state index contributed by atoms with van der Waals surface area (Å²) in [5, 5.41) is 15.2. The molecule has 1 aliphatic rings. The van der Waals surface area contributed by atoms with Gasteiger partial charge in [-0.25, -0.2) is 9.97 Å². The van der Waals surface area contributed by atoms with Crippen molar-refractivity contribution in [3.05, 3.63) is 66.9 Å². The minimum Gasteiger partial charge on any atom is -0.480 e. The maximum absolute atomic E-state index is 13.4.